The predicted molar refractivity (Wildman–Crippen MR) is 70.4 cm³/mol. The molecule has 0 spiro atoms. The largest absolute Gasteiger partial charge is 0.497 e. The zero-order valence-electron chi connectivity index (χ0n) is 10.7. The molecular weight excluding hydrogens is 212 g/mol. The molecule has 0 aliphatic carbocycles. The molecule has 3 nitrogen and oxygen atoms in total. The maximum atomic E-state index is 5.19. The highest BCUT2D eigenvalue weighted by atomic mass is 16.5. The van der Waals surface area contributed by atoms with Gasteiger partial charge in [-0.15, -0.1) is 0 Å². The number of hydrogen-bond acceptors (Lipinski definition) is 3. The van der Waals surface area contributed by atoms with E-state index < -0.39 is 0 Å². The maximum Gasteiger partial charge on any atom is 0.118 e. The van der Waals surface area contributed by atoms with Crippen molar-refractivity contribution in [3.63, 3.8) is 0 Å². The van der Waals surface area contributed by atoms with Gasteiger partial charge in [0.05, 0.1) is 7.11 Å². The summed E-state index contributed by atoms with van der Waals surface area (Å²) < 4.78 is 5.19. The summed E-state index contributed by atoms with van der Waals surface area (Å²) in [4.78, 5) is 0. The first kappa shape index (κ1) is 12.4. The van der Waals surface area contributed by atoms with Gasteiger partial charge in [-0.3, -0.25) is 0 Å². The number of rotatable bonds is 4. The normalized spacial score (nSPS) is 22.1. The number of piperidine rings is 1. The minimum Gasteiger partial charge on any atom is -0.497 e. The molecule has 2 N–H and O–H groups in total. The Kier molecular flexibility index (Phi) is 4.40. The average Bonchev–Trinajstić information content (AvgIpc) is 2.42. The lowest BCUT2D eigenvalue weighted by Crippen LogP contribution is -2.43. The van der Waals surface area contributed by atoms with Crippen LogP contribution in [0, 0.1) is 0 Å². The molecule has 17 heavy (non-hydrogen) atoms. The first-order valence-electron chi connectivity index (χ1n) is 6.39. The van der Waals surface area contributed by atoms with Crippen molar-refractivity contribution >= 4 is 0 Å². The smallest absolute Gasteiger partial charge is 0.118 e. The molecule has 3 heteroatoms. The summed E-state index contributed by atoms with van der Waals surface area (Å²) in [6.07, 6.45) is 3.87. The van der Waals surface area contributed by atoms with E-state index in [4.69, 9.17) is 4.74 Å². The average molecular weight is 234 g/mol. The van der Waals surface area contributed by atoms with E-state index in [0.717, 1.165) is 12.3 Å². The van der Waals surface area contributed by atoms with Gasteiger partial charge in [0.2, 0.25) is 0 Å². The van der Waals surface area contributed by atoms with Crippen molar-refractivity contribution in [3.05, 3.63) is 29.8 Å². The van der Waals surface area contributed by atoms with Crippen LogP contribution in [0.2, 0.25) is 0 Å². The molecule has 2 rings (SSSR count). The Morgan fingerprint density at radius 3 is 2.59 bits per heavy atom. The van der Waals surface area contributed by atoms with Crippen LogP contribution in [-0.4, -0.2) is 26.7 Å². The molecule has 1 aromatic carbocycles. The fourth-order valence-electron chi connectivity index (χ4n) is 2.57. The second-order valence-electron chi connectivity index (χ2n) is 4.60. The van der Waals surface area contributed by atoms with E-state index in [1.54, 1.807) is 7.11 Å². The van der Waals surface area contributed by atoms with Crippen LogP contribution < -0.4 is 15.4 Å². The van der Waals surface area contributed by atoms with Gasteiger partial charge in [-0.2, -0.15) is 0 Å². The molecule has 1 fully saturated rings. The van der Waals surface area contributed by atoms with Gasteiger partial charge in [-0.25, -0.2) is 0 Å². The van der Waals surface area contributed by atoms with Crippen molar-refractivity contribution in [1.82, 2.24) is 10.6 Å². The standard InChI is InChI=1S/C14H22N2O/c1-15-14(13-5-3-4-10-16-13)11-6-8-12(17-2)9-7-11/h6-9,13-16H,3-5,10H2,1-2H3. The van der Waals surface area contributed by atoms with Crippen LogP contribution in [-0.2, 0) is 0 Å². The second-order valence-corrected chi connectivity index (χ2v) is 4.60. The Bertz CT molecular complexity index is 331. The Morgan fingerprint density at radius 2 is 2.06 bits per heavy atom. The molecule has 1 aliphatic rings. The molecular formula is C14H22N2O. The van der Waals surface area contributed by atoms with Crippen LogP contribution in [0.4, 0.5) is 0 Å². The van der Waals surface area contributed by atoms with E-state index in [1.807, 2.05) is 19.2 Å². The van der Waals surface area contributed by atoms with Crippen molar-refractivity contribution in [2.24, 2.45) is 0 Å². The number of likely N-dealkylation sites (N-methyl/N-ethyl adjacent to an activating group) is 1. The van der Waals surface area contributed by atoms with Gasteiger partial charge >= 0.3 is 0 Å². The third kappa shape index (κ3) is 2.99. The Morgan fingerprint density at radius 1 is 1.29 bits per heavy atom. The van der Waals surface area contributed by atoms with E-state index in [9.17, 15) is 0 Å². The fraction of sp³-hybridized carbons (Fsp3) is 0.571. The molecule has 0 amide bonds. The Labute approximate surface area is 104 Å². The summed E-state index contributed by atoms with van der Waals surface area (Å²) in [6, 6.07) is 9.29. The quantitative estimate of drug-likeness (QED) is 0.837. The topological polar surface area (TPSA) is 33.3 Å². The highest BCUT2D eigenvalue weighted by Gasteiger charge is 2.23. The van der Waals surface area contributed by atoms with Crippen LogP contribution in [0.5, 0.6) is 5.75 Å². The number of ether oxygens (including phenoxy) is 1. The van der Waals surface area contributed by atoms with Crippen molar-refractivity contribution in [3.8, 4) is 5.75 Å². The molecule has 0 saturated carbocycles. The van der Waals surface area contributed by atoms with Crippen LogP contribution in [0.3, 0.4) is 0 Å². The Balaban J connectivity index is 2.10. The van der Waals surface area contributed by atoms with E-state index >= 15 is 0 Å². The molecule has 1 heterocycles. The second kappa shape index (κ2) is 6.03. The summed E-state index contributed by atoms with van der Waals surface area (Å²) in [7, 11) is 3.73. The number of methoxy groups -OCH3 is 1. The lowest BCUT2D eigenvalue weighted by Gasteiger charge is -2.31. The number of benzene rings is 1. The molecule has 94 valence electrons. The van der Waals surface area contributed by atoms with E-state index in [-0.39, 0.29) is 0 Å². The van der Waals surface area contributed by atoms with Gasteiger partial charge in [-0.05, 0) is 44.1 Å². The zero-order chi connectivity index (χ0) is 12.1. The van der Waals surface area contributed by atoms with Gasteiger partial charge in [0, 0.05) is 12.1 Å². The minimum atomic E-state index is 0.390. The lowest BCUT2D eigenvalue weighted by atomic mass is 9.93. The molecule has 1 aliphatic heterocycles. The molecule has 2 unspecified atom stereocenters. The van der Waals surface area contributed by atoms with Crippen molar-refractivity contribution < 1.29 is 4.74 Å². The Hall–Kier alpha value is -1.06. The van der Waals surface area contributed by atoms with Crippen LogP contribution in [0.25, 0.3) is 0 Å². The highest BCUT2D eigenvalue weighted by molar-refractivity contribution is 5.30. The SMILES string of the molecule is CNC(c1ccc(OC)cc1)C1CCCCN1. The summed E-state index contributed by atoms with van der Waals surface area (Å²) in [5.74, 6) is 0.917. The van der Waals surface area contributed by atoms with E-state index in [1.165, 1.54) is 24.8 Å². The summed E-state index contributed by atoms with van der Waals surface area (Å²) in [6.45, 7) is 1.14. The molecule has 0 radical (unpaired) electrons. The molecule has 2 atom stereocenters. The van der Waals surface area contributed by atoms with Gasteiger partial charge in [0.15, 0.2) is 0 Å². The first-order valence-corrected chi connectivity index (χ1v) is 6.39. The van der Waals surface area contributed by atoms with Crippen LogP contribution in [0.1, 0.15) is 30.9 Å². The fourth-order valence-corrected chi connectivity index (χ4v) is 2.57. The zero-order valence-corrected chi connectivity index (χ0v) is 10.7. The van der Waals surface area contributed by atoms with Gasteiger partial charge in [-0.1, -0.05) is 18.6 Å². The highest BCUT2D eigenvalue weighted by Crippen LogP contribution is 2.24. The van der Waals surface area contributed by atoms with Crippen molar-refractivity contribution in [1.29, 1.82) is 0 Å². The molecule has 1 aromatic rings. The number of hydrogen-bond donors (Lipinski definition) is 2. The summed E-state index contributed by atoms with van der Waals surface area (Å²) >= 11 is 0. The van der Waals surface area contributed by atoms with Crippen LogP contribution in [0.15, 0.2) is 24.3 Å². The van der Waals surface area contributed by atoms with Crippen molar-refractivity contribution in [2.75, 3.05) is 20.7 Å². The summed E-state index contributed by atoms with van der Waals surface area (Å²) in [5, 5.41) is 7.03. The lowest BCUT2D eigenvalue weighted by molar-refractivity contribution is 0.326. The third-order valence-electron chi connectivity index (χ3n) is 3.54. The predicted octanol–water partition coefficient (Wildman–Crippen LogP) is 2.10. The molecule has 0 aromatic heterocycles. The maximum absolute atomic E-state index is 5.19. The van der Waals surface area contributed by atoms with E-state index in [0.29, 0.717) is 12.1 Å². The number of nitrogens with one attached hydrogen (secondary N) is 2. The van der Waals surface area contributed by atoms with Gasteiger partial charge in [0.25, 0.3) is 0 Å². The van der Waals surface area contributed by atoms with Crippen molar-refractivity contribution in [2.45, 2.75) is 31.3 Å². The van der Waals surface area contributed by atoms with Gasteiger partial charge in [0.1, 0.15) is 5.75 Å². The molecule has 1 saturated heterocycles. The van der Waals surface area contributed by atoms with E-state index in [2.05, 4.69) is 22.8 Å². The monoisotopic (exact) mass is 234 g/mol. The van der Waals surface area contributed by atoms with Crippen LogP contribution >= 0.6 is 0 Å². The third-order valence-corrected chi connectivity index (χ3v) is 3.54. The summed E-state index contributed by atoms with van der Waals surface area (Å²) in [5.41, 5.74) is 1.33. The minimum absolute atomic E-state index is 0.390. The molecule has 0 bridgehead atoms. The van der Waals surface area contributed by atoms with Gasteiger partial charge < -0.3 is 15.4 Å². The first-order chi connectivity index (χ1) is 8.35.